The Balaban J connectivity index is 2.99. The number of halogens is 3. The first-order valence-corrected chi connectivity index (χ1v) is 6.01. The molecular weight excluding hydrogens is 302 g/mol. The average molecular weight is 313 g/mol. The van der Waals surface area contributed by atoms with Gasteiger partial charge >= 0.3 is 0 Å². The molecule has 1 aromatic carbocycles. The van der Waals surface area contributed by atoms with Gasteiger partial charge in [0.05, 0.1) is 10.6 Å². The molecule has 2 unspecified atom stereocenters. The maximum absolute atomic E-state index is 13.4. The Kier molecular flexibility index (Phi) is 5.17. The van der Waals surface area contributed by atoms with E-state index in [9.17, 15) is 19.0 Å². The van der Waals surface area contributed by atoms with Crippen LogP contribution in [0, 0.1) is 11.6 Å². The standard InChI is InChI=1S/C10H11BrF2O2S/c11-6-4-7(12)5(3-8(6)13)10(15)9(14)1-2-16/h3-4,9-10,14-16H,1-2H2. The topological polar surface area (TPSA) is 40.5 Å². The molecule has 0 fully saturated rings. The molecule has 1 aromatic rings. The van der Waals surface area contributed by atoms with Crippen LogP contribution >= 0.6 is 28.6 Å². The van der Waals surface area contributed by atoms with Crippen LogP contribution in [0.2, 0.25) is 0 Å². The van der Waals surface area contributed by atoms with Crippen molar-refractivity contribution < 1.29 is 19.0 Å². The first-order chi connectivity index (χ1) is 7.47. The van der Waals surface area contributed by atoms with E-state index in [0.29, 0.717) is 5.75 Å². The summed E-state index contributed by atoms with van der Waals surface area (Å²) >= 11 is 6.71. The lowest BCUT2D eigenvalue weighted by atomic mass is 10.0. The van der Waals surface area contributed by atoms with E-state index in [4.69, 9.17) is 0 Å². The largest absolute Gasteiger partial charge is 0.390 e. The molecule has 0 bridgehead atoms. The van der Waals surface area contributed by atoms with Gasteiger partial charge in [-0.3, -0.25) is 0 Å². The Morgan fingerprint density at radius 3 is 2.44 bits per heavy atom. The summed E-state index contributed by atoms with van der Waals surface area (Å²) in [6, 6.07) is 1.78. The van der Waals surface area contributed by atoms with Gasteiger partial charge in [0.2, 0.25) is 0 Å². The molecule has 0 aromatic heterocycles. The molecule has 2 N–H and O–H groups in total. The van der Waals surface area contributed by atoms with Crippen LogP contribution in [0.4, 0.5) is 8.78 Å². The average Bonchev–Trinajstić information content (AvgIpc) is 2.23. The molecule has 0 spiro atoms. The summed E-state index contributed by atoms with van der Waals surface area (Å²) < 4.78 is 26.5. The van der Waals surface area contributed by atoms with E-state index >= 15 is 0 Å². The molecule has 0 aliphatic heterocycles. The fraction of sp³-hybridized carbons (Fsp3) is 0.400. The number of hydrogen-bond donors (Lipinski definition) is 3. The highest BCUT2D eigenvalue weighted by atomic mass is 79.9. The Morgan fingerprint density at radius 1 is 1.25 bits per heavy atom. The maximum Gasteiger partial charge on any atom is 0.137 e. The monoisotopic (exact) mass is 312 g/mol. The Bertz CT molecular complexity index is 376. The molecule has 6 heteroatoms. The second-order valence-electron chi connectivity index (χ2n) is 3.31. The van der Waals surface area contributed by atoms with Gasteiger partial charge in [-0.25, -0.2) is 8.78 Å². The van der Waals surface area contributed by atoms with E-state index < -0.39 is 23.8 Å². The number of rotatable bonds is 4. The summed E-state index contributed by atoms with van der Waals surface area (Å²) in [6.07, 6.45) is -2.41. The van der Waals surface area contributed by atoms with Gasteiger partial charge in [-0.05, 0) is 40.2 Å². The molecule has 16 heavy (non-hydrogen) atoms. The van der Waals surface area contributed by atoms with Crippen LogP contribution in [0.5, 0.6) is 0 Å². The third-order valence-electron chi connectivity index (χ3n) is 2.15. The van der Waals surface area contributed by atoms with Crippen molar-refractivity contribution in [2.75, 3.05) is 5.75 Å². The maximum atomic E-state index is 13.4. The first kappa shape index (κ1) is 13.9. The molecule has 0 heterocycles. The highest BCUT2D eigenvalue weighted by molar-refractivity contribution is 9.10. The molecule has 0 radical (unpaired) electrons. The number of aliphatic hydroxyl groups is 2. The van der Waals surface area contributed by atoms with E-state index in [0.717, 1.165) is 12.1 Å². The van der Waals surface area contributed by atoms with Crippen molar-refractivity contribution in [2.45, 2.75) is 18.6 Å². The smallest absolute Gasteiger partial charge is 0.137 e. The SMILES string of the molecule is OC(CCS)C(O)c1cc(F)c(Br)cc1F. The van der Waals surface area contributed by atoms with Crippen molar-refractivity contribution in [1.82, 2.24) is 0 Å². The molecule has 0 aliphatic carbocycles. The van der Waals surface area contributed by atoms with Gasteiger partial charge in [-0.15, -0.1) is 0 Å². The summed E-state index contributed by atoms with van der Waals surface area (Å²) in [4.78, 5) is 0. The van der Waals surface area contributed by atoms with Crippen LogP contribution in [0.3, 0.4) is 0 Å². The minimum Gasteiger partial charge on any atom is -0.390 e. The zero-order valence-corrected chi connectivity index (χ0v) is 10.7. The van der Waals surface area contributed by atoms with Gasteiger partial charge in [0, 0.05) is 5.56 Å². The zero-order valence-electron chi connectivity index (χ0n) is 8.20. The van der Waals surface area contributed by atoms with Crippen LogP contribution in [0.1, 0.15) is 18.1 Å². The van der Waals surface area contributed by atoms with E-state index in [1.807, 2.05) is 0 Å². The quantitative estimate of drug-likeness (QED) is 0.590. The minimum atomic E-state index is -1.45. The van der Waals surface area contributed by atoms with E-state index in [-0.39, 0.29) is 16.5 Å². The van der Waals surface area contributed by atoms with Gasteiger partial charge in [-0.1, -0.05) is 0 Å². The zero-order chi connectivity index (χ0) is 12.3. The molecule has 0 saturated heterocycles. The molecule has 2 nitrogen and oxygen atoms in total. The van der Waals surface area contributed by atoms with Crippen LogP contribution in [0.25, 0.3) is 0 Å². The van der Waals surface area contributed by atoms with E-state index in [1.54, 1.807) is 0 Å². The van der Waals surface area contributed by atoms with E-state index in [2.05, 4.69) is 28.6 Å². The summed E-state index contributed by atoms with van der Waals surface area (Å²) in [5.74, 6) is -1.11. The van der Waals surface area contributed by atoms with Gasteiger partial charge < -0.3 is 10.2 Å². The van der Waals surface area contributed by atoms with E-state index in [1.165, 1.54) is 0 Å². The fourth-order valence-corrected chi connectivity index (χ4v) is 1.84. The lowest BCUT2D eigenvalue weighted by molar-refractivity contribution is 0.0150. The second kappa shape index (κ2) is 5.95. The molecule has 90 valence electrons. The molecule has 1 rings (SSSR count). The van der Waals surface area contributed by atoms with Gasteiger partial charge in [0.1, 0.15) is 17.7 Å². The number of aliphatic hydroxyl groups excluding tert-OH is 2. The van der Waals surface area contributed by atoms with Crippen molar-refractivity contribution >= 4 is 28.6 Å². The Hall–Kier alpha value is -0.170. The number of thiol groups is 1. The van der Waals surface area contributed by atoms with Crippen LogP contribution in [0.15, 0.2) is 16.6 Å². The highest BCUT2D eigenvalue weighted by Gasteiger charge is 2.22. The Labute approximate surface area is 106 Å². The van der Waals surface area contributed by atoms with Crippen molar-refractivity contribution in [3.8, 4) is 0 Å². The van der Waals surface area contributed by atoms with Crippen LogP contribution in [-0.2, 0) is 0 Å². The molecular formula is C10H11BrF2O2S. The molecule has 0 amide bonds. The fourth-order valence-electron chi connectivity index (χ4n) is 1.26. The second-order valence-corrected chi connectivity index (χ2v) is 4.61. The predicted molar refractivity (Wildman–Crippen MR) is 63.5 cm³/mol. The van der Waals surface area contributed by atoms with Gasteiger partial charge in [-0.2, -0.15) is 12.6 Å². The molecule has 2 atom stereocenters. The third-order valence-corrected chi connectivity index (χ3v) is 3.01. The molecule has 0 aliphatic rings. The summed E-state index contributed by atoms with van der Waals surface area (Å²) in [7, 11) is 0. The normalized spacial score (nSPS) is 14.9. The minimum absolute atomic E-state index is 0.0235. The van der Waals surface area contributed by atoms with Crippen molar-refractivity contribution in [2.24, 2.45) is 0 Å². The number of hydrogen-bond acceptors (Lipinski definition) is 3. The van der Waals surface area contributed by atoms with Crippen molar-refractivity contribution in [3.05, 3.63) is 33.8 Å². The number of benzene rings is 1. The summed E-state index contributed by atoms with van der Waals surface area (Å²) in [5, 5.41) is 19.1. The van der Waals surface area contributed by atoms with Crippen molar-refractivity contribution in [1.29, 1.82) is 0 Å². The highest BCUT2D eigenvalue weighted by Crippen LogP contribution is 2.27. The van der Waals surface area contributed by atoms with Gasteiger partial charge in [0.15, 0.2) is 0 Å². The molecule has 0 saturated carbocycles. The summed E-state index contributed by atoms with van der Waals surface area (Å²) in [5.41, 5.74) is -0.255. The van der Waals surface area contributed by atoms with Crippen molar-refractivity contribution in [3.63, 3.8) is 0 Å². The van der Waals surface area contributed by atoms with Crippen LogP contribution in [-0.4, -0.2) is 22.1 Å². The van der Waals surface area contributed by atoms with Gasteiger partial charge in [0.25, 0.3) is 0 Å². The lowest BCUT2D eigenvalue weighted by Gasteiger charge is -2.18. The first-order valence-electron chi connectivity index (χ1n) is 4.58. The lowest BCUT2D eigenvalue weighted by Crippen LogP contribution is -2.20. The Morgan fingerprint density at radius 2 is 1.88 bits per heavy atom. The predicted octanol–water partition coefficient (Wildman–Crippen LogP) is 2.44. The third kappa shape index (κ3) is 3.16. The summed E-state index contributed by atoms with van der Waals surface area (Å²) in [6.45, 7) is 0. The van der Waals surface area contributed by atoms with Crippen LogP contribution < -0.4 is 0 Å².